The molecular formula is C10H11F3N2O2. The summed E-state index contributed by atoms with van der Waals surface area (Å²) in [4.78, 5) is 10.9. The summed E-state index contributed by atoms with van der Waals surface area (Å²) in [7, 11) is 1.43. The summed E-state index contributed by atoms with van der Waals surface area (Å²) in [6, 6.07) is 5.51. The van der Waals surface area contributed by atoms with E-state index in [0.717, 1.165) is 0 Å². The molecule has 1 aromatic rings. The van der Waals surface area contributed by atoms with E-state index in [4.69, 9.17) is 0 Å². The number of halogens is 3. The molecule has 0 unspecified atom stereocenters. The molecule has 1 amide bonds. The second-order valence-electron chi connectivity index (χ2n) is 3.07. The normalized spacial score (nSPS) is 10.8. The summed E-state index contributed by atoms with van der Waals surface area (Å²) < 4.78 is 40.0. The Labute approximate surface area is 95.8 Å². The molecule has 0 aliphatic heterocycles. The minimum Gasteiger partial charge on any atom is -0.404 e. The van der Waals surface area contributed by atoms with Crippen molar-refractivity contribution in [3.05, 3.63) is 24.3 Å². The number of para-hydroxylation sites is 2. The molecule has 1 rings (SSSR count). The predicted molar refractivity (Wildman–Crippen MR) is 55.7 cm³/mol. The summed E-state index contributed by atoms with van der Waals surface area (Å²) in [5.41, 5.74) is 0.105. The number of alkyl halides is 3. The quantitative estimate of drug-likeness (QED) is 0.853. The lowest BCUT2D eigenvalue weighted by molar-refractivity contribution is -0.274. The average Bonchev–Trinajstić information content (AvgIpc) is 2.25. The van der Waals surface area contributed by atoms with Crippen LogP contribution in [0.2, 0.25) is 0 Å². The van der Waals surface area contributed by atoms with Crippen molar-refractivity contribution in [1.29, 1.82) is 0 Å². The second-order valence-corrected chi connectivity index (χ2v) is 3.07. The van der Waals surface area contributed by atoms with Crippen LogP contribution in [0.5, 0.6) is 5.75 Å². The maximum atomic E-state index is 12.1. The third-order valence-electron chi connectivity index (χ3n) is 1.83. The number of benzene rings is 1. The molecule has 0 atom stereocenters. The van der Waals surface area contributed by atoms with Crippen molar-refractivity contribution >= 4 is 11.6 Å². The lowest BCUT2D eigenvalue weighted by Crippen LogP contribution is -2.26. The first-order valence-electron chi connectivity index (χ1n) is 4.71. The van der Waals surface area contributed by atoms with Gasteiger partial charge in [-0.1, -0.05) is 12.1 Å². The monoisotopic (exact) mass is 248 g/mol. The molecule has 7 heteroatoms. The Balaban J connectivity index is 2.74. The van der Waals surface area contributed by atoms with Crippen LogP contribution in [0, 0.1) is 0 Å². The minimum absolute atomic E-state index is 0.105. The van der Waals surface area contributed by atoms with Crippen LogP contribution >= 0.6 is 0 Å². The fraction of sp³-hybridized carbons (Fsp3) is 0.300. The third-order valence-corrected chi connectivity index (χ3v) is 1.83. The molecule has 0 saturated carbocycles. The number of anilines is 1. The Bertz CT molecular complexity index is 393. The van der Waals surface area contributed by atoms with Gasteiger partial charge in [0.05, 0.1) is 12.2 Å². The fourth-order valence-corrected chi connectivity index (χ4v) is 1.09. The number of carbonyl (C=O) groups excluding carboxylic acids is 1. The fourth-order valence-electron chi connectivity index (χ4n) is 1.09. The Morgan fingerprint density at radius 3 is 2.59 bits per heavy atom. The molecule has 0 heterocycles. The molecule has 0 saturated heterocycles. The van der Waals surface area contributed by atoms with E-state index < -0.39 is 6.36 Å². The van der Waals surface area contributed by atoms with Gasteiger partial charge in [-0.25, -0.2) is 0 Å². The summed E-state index contributed by atoms with van der Waals surface area (Å²) >= 11 is 0. The largest absolute Gasteiger partial charge is 0.573 e. The number of carbonyl (C=O) groups is 1. The SMILES string of the molecule is CNC(=O)CNc1ccccc1OC(F)(F)F. The van der Waals surface area contributed by atoms with Gasteiger partial charge in [0.1, 0.15) is 0 Å². The van der Waals surface area contributed by atoms with Gasteiger partial charge in [0, 0.05) is 7.05 Å². The van der Waals surface area contributed by atoms with E-state index in [-0.39, 0.29) is 23.9 Å². The van der Waals surface area contributed by atoms with Crippen molar-refractivity contribution < 1.29 is 22.7 Å². The van der Waals surface area contributed by atoms with Gasteiger partial charge in [-0.3, -0.25) is 4.79 Å². The molecule has 0 spiro atoms. The average molecular weight is 248 g/mol. The van der Waals surface area contributed by atoms with Gasteiger partial charge in [-0.15, -0.1) is 13.2 Å². The van der Waals surface area contributed by atoms with Crippen molar-refractivity contribution in [2.75, 3.05) is 18.9 Å². The van der Waals surface area contributed by atoms with Gasteiger partial charge in [0.2, 0.25) is 5.91 Å². The minimum atomic E-state index is -4.76. The molecule has 0 fully saturated rings. The highest BCUT2D eigenvalue weighted by Gasteiger charge is 2.32. The molecule has 0 bridgehead atoms. The second kappa shape index (κ2) is 5.42. The summed E-state index contributed by atoms with van der Waals surface area (Å²) in [6.07, 6.45) is -4.76. The zero-order valence-electron chi connectivity index (χ0n) is 8.97. The van der Waals surface area contributed by atoms with E-state index in [0.29, 0.717) is 0 Å². The van der Waals surface area contributed by atoms with Crippen molar-refractivity contribution in [2.45, 2.75) is 6.36 Å². The van der Waals surface area contributed by atoms with E-state index in [9.17, 15) is 18.0 Å². The Morgan fingerprint density at radius 2 is 2.00 bits per heavy atom. The first kappa shape index (κ1) is 13.1. The molecule has 0 aliphatic rings. The van der Waals surface area contributed by atoms with Crippen LogP contribution in [-0.2, 0) is 4.79 Å². The van der Waals surface area contributed by atoms with E-state index in [2.05, 4.69) is 15.4 Å². The number of likely N-dealkylation sites (N-methyl/N-ethyl adjacent to an activating group) is 1. The van der Waals surface area contributed by atoms with Gasteiger partial charge in [0.25, 0.3) is 0 Å². The number of ether oxygens (including phenoxy) is 1. The zero-order chi connectivity index (χ0) is 12.9. The number of rotatable bonds is 4. The van der Waals surface area contributed by atoms with Crippen LogP contribution in [0.3, 0.4) is 0 Å². The van der Waals surface area contributed by atoms with E-state index in [1.165, 1.54) is 31.3 Å². The van der Waals surface area contributed by atoms with Crippen LogP contribution in [0.4, 0.5) is 18.9 Å². The molecule has 0 radical (unpaired) electrons. The first-order chi connectivity index (χ1) is 7.92. The standard InChI is InChI=1S/C10H11F3N2O2/c1-14-9(16)6-15-7-4-2-3-5-8(7)17-10(11,12)13/h2-5,15H,6H2,1H3,(H,14,16). The number of nitrogens with one attached hydrogen (secondary N) is 2. The van der Waals surface area contributed by atoms with E-state index >= 15 is 0 Å². The Hall–Kier alpha value is -1.92. The molecule has 4 nitrogen and oxygen atoms in total. The summed E-state index contributed by atoms with van der Waals surface area (Å²) in [6.45, 7) is -0.130. The van der Waals surface area contributed by atoms with Crippen LogP contribution in [0.15, 0.2) is 24.3 Å². The van der Waals surface area contributed by atoms with Crippen LogP contribution in [-0.4, -0.2) is 25.9 Å². The van der Waals surface area contributed by atoms with Crippen LogP contribution in [0.25, 0.3) is 0 Å². The van der Waals surface area contributed by atoms with E-state index in [1.807, 2.05) is 0 Å². The van der Waals surface area contributed by atoms with Crippen LogP contribution < -0.4 is 15.4 Å². The van der Waals surface area contributed by atoms with Gasteiger partial charge >= 0.3 is 6.36 Å². The summed E-state index contributed by atoms with van der Waals surface area (Å²) in [5.74, 6) is -0.712. The predicted octanol–water partition coefficient (Wildman–Crippen LogP) is 1.74. The number of hydrogen-bond acceptors (Lipinski definition) is 3. The van der Waals surface area contributed by atoms with Crippen molar-refractivity contribution in [3.63, 3.8) is 0 Å². The highest BCUT2D eigenvalue weighted by Crippen LogP contribution is 2.29. The first-order valence-corrected chi connectivity index (χ1v) is 4.71. The molecular weight excluding hydrogens is 237 g/mol. The molecule has 94 valence electrons. The van der Waals surface area contributed by atoms with Gasteiger partial charge in [0.15, 0.2) is 5.75 Å². The van der Waals surface area contributed by atoms with Gasteiger partial charge < -0.3 is 15.4 Å². The molecule has 2 N–H and O–H groups in total. The highest BCUT2D eigenvalue weighted by molar-refractivity contribution is 5.80. The summed E-state index contributed by atoms with van der Waals surface area (Å²) in [5, 5.41) is 4.89. The highest BCUT2D eigenvalue weighted by atomic mass is 19.4. The van der Waals surface area contributed by atoms with Crippen molar-refractivity contribution in [2.24, 2.45) is 0 Å². The Kier molecular flexibility index (Phi) is 4.19. The molecule has 1 aromatic carbocycles. The third kappa shape index (κ3) is 4.62. The van der Waals surface area contributed by atoms with E-state index in [1.54, 1.807) is 0 Å². The van der Waals surface area contributed by atoms with Crippen molar-refractivity contribution in [1.82, 2.24) is 5.32 Å². The maximum absolute atomic E-state index is 12.1. The lowest BCUT2D eigenvalue weighted by atomic mass is 10.3. The van der Waals surface area contributed by atoms with Gasteiger partial charge in [-0.2, -0.15) is 0 Å². The lowest BCUT2D eigenvalue weighted by Gasteiger charge is -2.13. The smallest absolute Gasteiger partial charge is 0.404 e. The van der Waals surface area contributed by atoms with Crippen molar-refractivity contribution in [3.8, 4) is 5.75 Å². The van der Waals surface area contributed by atoms with Gasteiger partial charge in [-0.05, 0) is 12.1 Å². The molecule has 0 aromatic heterocycles. The maximum Gasteiger partial charge on any atom is 0.573 e. The zero-order valence-corrected chi connectivity index (χ0v) is 8.97. The number of hydrogen-bond donors (Lipinski definition) is 2. The topological polar surface area (TPSA) is 50.4 Å². The molecule has 0 aliphatic carbocycles. The number of amides is 1. The van der Waals surface area contributed by atoms with Crippen LogP contribution in [0.1, 0.15) is 0 Å². The Morgan fingerprint density at radius 1 is 1.35 bits per heavy atom. The molecule has 17 heavy (non-hydrogen) atoms.